The first-order chi connectivity index (χ1) is 17.6. The van der Waals surface area contributed by atoms with Gasteiger partial charge in [0.15, 0.2) is 0 Å². The standard InChI is InChI=1S/C29H30N6O/c1-33-11-9-21(10-12-33)18-35-19-32-29-25(35)17-31-28(27(29)22-5-3-20(16-30)4-6-22)23-7-8-24-26(15-23)36-14-13-34(24)2/h3-8,15,17,19,21H,9-14,18H2,1-2H3. The van der Waals surface area contributed by atoms with Crippen LogP contribution in [0, 0.1) is 17.2 Å². The van der Waals surface area contributed by atoms with Gasteiger partial charge in [-0.1, -0.05) is 18.2 Å². The van der Waals surface area contributed by atoms with E-state index in [4.69, 9.17) is 14.7 Å². The minimum absolute atomic E-state index is 0.637. The molecule has 2 aromatic heterocycles. The Morgan fingerprint density at radius 1 is 1.00 bits per heavy atom. The molecule has 182 valence electrons. The minimum Gasteiger partial charge on any atom is -0.490 e. The third kappa shape index (κ3) is 4.08. The van der Waals surface area contributed by atoms with E-state index in [0.29, 0.717) is 18.1 Å². The summed E-state index contributed by atoms with van der Waals surface area (Å²) in [6.45, 7) is 4.79. The van der Waals surface area contributed by atoms with Crippen molar-refractivity contribution in [3.05, 3.63) is 60.6 Å². The van der Waals surface area contributed by atoms with E-state index in [1.165, 1.54) is 12.8 Å². The molecule has 0 unspecified atom stereocenters. The SMILES string of the molecule is CN1CCC(Cn2cnc3c(-c4ccc(C#N)cc4)c(-c4ccc5c(c4)OCCN5C)ncc32)CC1. The molecule has 0 amide bonds. The molecule has 4 aromatic rings. The van der Waals surface area contributed by atoms with Gasteiger partial charge in [0.05, 0.1) is 47.6 Å². The van der Waals surface area contributed by atoms with E-state index in [1.54, 1.807) is 0 Å². The zero-order valence-corrected chi connectivity index (χ0v) is 20.8. The van der Waals surface area contributed by atoms with Gasteiger partial charge in [0.25, 0.3) is 0 Å². The molecule has 7 heteroatoms. The van der Waals surface area contributed by atoms with E-state index in [0.717, 1.165) is 71.0 Å². The summed E-state index contributed by atoms with van der Waals surface area (Å²) < 4.78 is 8.25. The van der Waals surface area contributed by atoms with E-state index in [-0.39, 0.29) is 0 Å². The molecule has 0 bridgehead atoms. The van der Waals surface area contributed by atoms with Gasteiger partial charge in [-0.15, -0.1) is 0 Å². The van der Waals surface area contributed by atoms with Crippen LogP contribution in [0.15, 0.2) is 55.0 Å². The highest BCUT2D eigenvalue weighted by atomic mass is 16.5. The monoisotopic (exact) mass is 478 g/mol. The number of anilines is 1. The maximum absolute atomic E-state index is 9.31. The molecular weight excluding hydrogens is 448 g/mol. The van der Waals surface area contributed by atoms with E-state index >= 15 is 0 Å². The fourth-order valence-corrected chi connectivity index (χ4v) is 5.40. The number of likely N-dealkylation sites (tertiary alicyclic amines) is 1. The van der Waals surface area contributed by atoms with Crippen molar-refractivity contribution in [2.75, 3.05) is 45.2 Å². The highest BCUT2D eigenvalue weighted by Crippen LogP contribution is 2.40. The van der Waals surface area contributed by atoms with Crippen LogP contribution in [0.1, 0.15) is 18.4 Å². The fraction of sp³-hybridized carbons (Fsp3) is 0.345. The number of piperidine rings is 1. The Hall–Kier alpha value is -3.89. The summed E-state index contributed by atoms with van der Waals surface area (Å²) in [7, 11) is 4.28. The van der Waals surface area contributed by atoms with Gasteiger partial charge in [0, 0.05) is 24.7 Å². The minimum atomic E-state index is 0.637. The van der Waals surface area contributed by atoms with Crippen molar-refractivity contribution < 1.29 is 4.74 Å². The van der Waals surface area contributed by atoms with Crippen LogP contribution in [-0.4, -0.2) is 59.8 Å². The van der Waals surface area contributed by atoms with Crippen LogP contribution in [0.25, 0.3) is 33.4 Å². The molecule has 6 rings (SSSR count). The molecule has 36 heavy (non-hydrogen) atoms. The molecule has 2 aromatic carbocycles. The van der Waals surface area contributed by atoms with Crippen LogP contribution in [0.2, 0.25) is 0 Å². The Kier molecular flexibility index (Phi) is 5.82. The molecule has 0 aliphatic carbocycles. The van der Waals surface area contributed by atoms with Gasteiger partial charge in [0.2, 0.25) is 0 Å². The Bertz CT molecular complexity index is 1440. The number of fused-ring (bicyclic) bond motifs is 2. The van der Waals surface area contributed by atoms with Crippen LogP contribution in [0.3, 0.4) is 0 Å². The third-order valence-electron chi connectivity index (χ3n) is 7.59. The molecule has 1 saturated heterocycles. The first-order valence-electron chi connectivity index (χ1n) is 12.6. The zero-order valence-electron chi connectivity index (χ0n) is 20.8. The number of rotatable bonds is 4. The predicted molar refractivity (Wildman–Crippen MR) is 142 cm³/mol. The molecule has 0 spiro atoms. The summed E-state index contributed by atoms with van der Waals surface area (Å²) >= 11 is 0. The van der Waals surface area contributed by atoms with Crippen molar-refractivity contribution >= 4 is 16.7 Å². The molecular formula is C29H30N6O. The van der Waals surface area contributed by atoms with Crippen LogP contribution in [0.4, 0.5) is 5.69 Å². The topological polar surface area (TPSA) is 70.2 Å². The van der Waals surface area contributed by atoms with Crippen LogP contribution in [-0.2, 0) is 6.54 Å². The first-order valence-corrected chi connectivity index (χ1v) is 12.6. The normalized spacial score (nSPS) is 16.5. The average Bonchev–Trinajstić information content (AvgIpc) is 3.32. The van der Waals surface area contributed by atoms with Gasteiger partial charge < -0.3 is 19.1 Å². The lowest BCUT2D eigenvalue weighted by atomic mass is 9.96. The number of hydrogen-bond acceptors (Lipinski definition) is 6. The highest BCUT2D eigenvalue weighted by molar-refractivity contribution is 5.99. The lowest BCUT2D eigenvalue weighted by molar-refractivity contribution is 0.206. The summed E-state index contributed by atoms with van der Waals surface area (Å²) in [5.41, 5.74) is 7.57. The number of likely N-dealkylation sites (N-methyl/N-ethyl adjacent to an activating group) is 1. The van der Waals surface area contributed by atoms with Crippen LogP contribution >= 0.6 is 0 Å². The van der Waals surface area contributed by atoms with E-state index in [2.05, 4.69) is 52.7 Å². The van der Waals surface area contributed by atoms with Crippen molar-refractivity contribution in [3.63, 3.8) is 0 Å². The van der Waals surface area contributed by atoms with Crippen molar-refractivity contribution in [3.8, 4) is 34.2 Å². The summed E-state index contributed by atoms with van der Waals surface area (Å²) in [6, 6.07) is 16.2. The molecule has 4 heterocycles. The second kappa shape index (κ2) is 9.29. The maximum atomic E-state index is 9.31. The van der Waals surface area contributed by atoms with E-state index in [1.807, 2.05) is 36.8 Å². The molecule has 1 fully saturated rings. The van der Waals surface area contributed by atoms with Crippen LogP contribution < -0.4 is 9.64 Å². The largest absolute Gasteiger partial charge is 0.490 e. The lowest BCUT2D eigenvalue weighted by Crippen LogP contribution is -2.31. The van der Waals surface area contributed by atoms with Gasteiger partial charge in [-0.05, 0) is 68.7 Å². The lowest BCUT2D eigenvalue weighted by Gasteiger charge is -2.29. The predicted octanol–water partition coefficient (Wildman–Crippen LogP) is 4.81. The summed E-state index contributed by atoms with van der Waals surface area (Å²) in [5, 5.41) is 9.31. The number of benzene rings is 2. The quantitative estimate of drug-likeness (QED) is 0.419. The van der Waals surface area contributed by atoms with Crippen LogP contribution in [0.5, 0.6) is 5.75 Å². The van der Waals surface area contributed by atoms with Crippen molar-refractivity contribution in [2.45, 2.75) is 19.4 Å². The van der Waals surface area contributed by atoms with Gasteiger partial charge in [-0.2, -0.15) is 5.26 Å². The van der Waals surface area contributed by atoms with Crippen molar-refractivity contribution in [1.29, 1.82) is 5.26 Å². The third-order valence-corrected chi connectivity index (χ3v) is 7.59. The molecule has 2 aliphatic rings. The Balaban J connectivity index is 1.46. The average molecular weight is 479 g/mol. The number of imidazole rings is 1. The van der Waals surface area contributed by atoms with Crippen molar-refractivity contribution in [1.82, 2.24) is 19.4 Å². The summed E-state index contributed by atoms with van der Waals surface area (Å²) in [4.78, 5) is 14.5. The van der Waals surface area contributed by atoms with E-state index < -0.39 is 0 Å². The highest BCUT2D eigenvalue weighted by Gasteiger charge is 2.22. The molecule has 0 saturated carbocycles. The number of aromatic nitrogens is 3. The smallest absolute Gasteiger partial charge is 0.143 e. The first kappa shape index (κ1) is 22.6. The molecule has 7 nitrogen and oxygen atoms in total. The molecule has 0 atom stereocenters. The van der Waals surface area contributed by atoms with Gasteiger partial charge in [-0.3, -0.25) is 4.98 Å². The van der Waals surface area contributed by atoms with Gasteiger partial charge >= 0.3 is 0 Å². The van der Waals surface area contributed by atoms with E-state index in [9.17, 15) is 5.26 Å². The number of hydrogen-bond donors (Lipinski definition) is 0. The van der Waals surface area contributed by atoms with Gasteiger partial charge in [0.1, 0.15) is 17.9 Å². The molecule has 0 radical (unpaired) electrons. The zero-order chi connectivity index (χ0) is 24.6. The summed E-state index contributed by atoms with van der Waals surface area (Å²) in [6.07, 6.45) is 6.33. The number of ether oxygens (including phenoxy) is 1. The number of nitrogens with zero attached hydrogens (tertiary/aromatic N) is 6. The number of pyridine rings is 1. The fourth-order valence-electron chi connectivity index (χ4n) is 5.40. The second-order valence-corrected chi connectivity index (χ2v) is 10.0. The summed E-state index contributed by atoms with van der Waals surface area (Å²) in [5.74, 6) is 1.52. The Morgan fingerprint density at radius 2 is 1.78 bits per heavy atom. The Morgan fingerprint density at radius 3 is 2.56 bits per heavy atom. The van der Waals surface area contributed by atoms with Crippen molar-refractivity contribution in [2.24, 2.45) is 5.92 Å². The number of nitriles is 1. The maximum Gasteiger partial charge on any atom is 0.143 e. The van der Waals surface area contributed by atoms with Gasteiger partial charge in [-0.25, -0.2) is 4.98 Å². The molecule has 2 aliphatic heterocycles. The second-order valence-electron chi connectivity index (χ2n) is 10.0. The Labute approximate surface area is 211 Å². The molecule has 0 N–H and O–H groups in total.